The summed E-state index contributed by atoms with van der Waals surface area (Å²) >= 11 is 0. The van der Waals surface area contributed by atoms with Crippen molar-refractivity contribution in [3.05, 3.63) is 18.3 Å². The van der Waals surface area contributed by atoms with Gasteiger partial charge in [-0.15, -0.1) is 0 Å². The van der Waals surface area contributed by atoms with E-state index in [4.69, 9.17) is 0 Å². The topological polar surface area (TPSA) is 45.2 Å². The molecule has 1 heterocycles. The second-order valence-electron chi connectivity index (χ2n) is 6.17. The molecule has 1 aromatic rings. The molecule has 0 spiro atoms. The first-order chi connectivity index (χ1) is 10.7. The van der Waals surface area contributed by atoms with Crippen LogP contribution in [0.15, 0.2) is 18.3 Å². The Labute approximate surface area is 134 Å². The van der Waals surface area contributed by atoms with Crippen molar-refractivity contribution in [3.8, 4) is 0 Å². The molecule has 0 radical (unpaired) electrons. The number of carbonyl (C=O) groups is 1. The second-order valence-corrected chi connectivity index (χ2v) is 6.17. The highest BCUT2D eigenvalue weighted by atomic mass is 16.1. The Balaban J connectivity index is 1.78. The molecule has 0 unspecified atom stereocenters. The van der Waals surface area contributed by atoms with E-state index < -0.39 is 0 Å². The maximum atomic E-state index is 12.0. The van der Waals surface area contributed by atoms with Gasteiger partial charge in [0.05, 0.1) is 11.9 Å². The van der Waals surface area contributed by atoms with Crippen molar-refractivity contribution < 1.29 is 4.79 Å². The summed E-state index contributed by atoms with van der Waals surface area (Å²) in [6, 6.07) is 3.92. The van der Waals surface area contributed by atoms with Crippen LogP contribution in [0.3, 0.4) is 0 Å². The van der Waals surface area contributed by atoms with Crippen LogP contribution in [-0.2, 0) is 4.79 Å². The first-order valence-corrected chi connectivity index (χ1v) is 8.73. The predicted molar refractivity (Wildman–Crippen MR) is 92.2 cm³/mol. The van der Waals surface area contributed by atoms with Crippen LogP contribution in [0, 0.1) is 5.92 Å². The van der Waals surface area contributed by atoms with E-state index in [1.54, 1.807) is 6.20 Å². The lowest BCUT2D eigenvalue weighted by atomic mass is 9.86. The SMILES string of the molecule is CCN(CC)c1ccc(NC(=O)CCC2CCCCC2)cn1. The van der Waals surface area contributed by atoms with E-state index in [0.717, 1.165) is 36.9 Å². The number of hydrogen-bond donors (Lipinski definition) is 1. The van der Waals surface area contributed by atoms with E-state index in [0.29, 0.717) is 6.42 Å². The molecule has 122 valence electrons. The van der Waals surface area contributed by atoms with Crippen LogP contribution in [0.4, 0.5) is 11.5 Å². The minimum atomic E-state index is 0.114. The Hall–Kier alpha value is -1.58. The summed E-state index contributed by atoms with van der Waals surface area (Å²) < 4.78 is 0. The number of aromatic nitrogens is 1. The van der Waals surface area contributed by atoms with E-state index in [9.17, 15) is 4.79 Å². The fourth-order valence-corrected chi connectivity index (χ4v) is 3.23. The lowest BCUT2D eigenvalue weighted by molar-refractivity contribution is -0.116. The van der Waals surface area contributed by atoms with E-state index in [1.165, 1.54) is 32.1 Å². The molecule has 1 aromatic heterocycles. The van der Waals surface area contributed by atoms with Gasteiger partial charge in [0.2, 0.25) is 5.91 Å². The summed E-state index contributed by atoms with van der Waals surface area (Å²) in [5.41, 5.74) is 0.796. The summed E-state index contributed by atoms with van der Waals surface area (Å²) in [4.78, 5) is 18.7. The number of anilines is 2. The maximum absolute atomic E-state index is 12.0. The summed E-state index contributed by atoms with van der Waals surface area (Å²) in [6.07, 6.45) is 10.0. The predicted octanol–water partition coefficient (Wildman–Crippen LogP) is 4.23. The van der Waals surface area contributed by atoms with Crippen molar-refractivity contribution in [1.29, 1.82) is 0 Å². The average Bonchev–Trinajstić information content (AvgIpc) is 2.56. The van der Waals surface area contributed by atoms with Gasteiger partial charge in [0, 0.05) is 19.5 Å². The lowest BCUT2D eigenvalue weighted by Crippen LogP contribution is -2.23. The molecule has 1 saturated carbocycles. The fourth-order valence-electron chi connectivity index (χ4n) is 3.23. The first kappa shape index (κ1) is 16.8. The van der Waals surface area contributed by atoms with Crippen LogP contribution in [0.5, 0.6) is 0 Å². The van der Waals surface area contributed by atoms with Crippen molar-refractivity contribution >= 4 is 17.4 Å². The molecule has 1 aliphatic carbocycles. The van der Waals surface area contributed by atoms with Gasteiger partial charge in [-0.1, -0.05) is 32.1 Å². The molecule has 2 rings (SSSR count). The zero-order chi connectivity index (χ0) is 15.8. The summed E-state index contributed by atoms with van der Waals surface area (Å²) in [5, 5.41) is 2.96. The van der Waals surface area contributed by atoms with Crippen molar-refractivity contribution in [2.45, 2.75) is 58.8 Å². The smallest absolute Gasteiger partial charge is 0.224 e. The van der Waals surface area contributed by atoms with Gasteiger partial charge in [0.15, 0.2) is 0 Å². The first-order valence-electron chi connectivity index (χ1n) is 8.73. The lowest BCUT2D eigenvalue weighted by Gasteiger charge is -2.21. The molecule has 0 saturated heterocycles. The number of pyridine rings is 1. The fraction of sp³-hybridized carbons (Fsp3) is 0.667. The average molecular weight is 303 g/mol. The van der Waals surface area contributed by atoms with Gasteiger partial charge in [-0.05, 0) is 38.3 Å². The number of nitrogens with one attached hydrogen (secondary N) is 1. The molecular formula is C18H29N3O. The van der Waals surface area contributed by atoms with E-state index >= 15 is 0 Å². The highest BCUT2D eigenvalue weighted by Gasteiger charge is 2.15. The van der Waals surface area contributed by atoms with E-state index in [1.807, 2.05) is 12.1 Å². The molecule has 4 nitrogen and oxygen atoms in total. The molecule has 0 bridgehead atoms. The number of rotatable bonds is 7. The highest BCUT2D eigenvalue weighted by Crippen LogP contribution is 2.27. The van der Waals surface area contributed by atoms with Gasteiger partial charge < -0.3 is 10.2 Å². The van der Waals surface area contributed by atoms with Crippen molar-refractivity contribution in [2.75, 3.05) is 23.3 Å². The summed E-state index contributed by atoms with van der Waals surface area (Å²) in [6.45, 7) is 6.12. The summed E-state index contributed by atoms with van der Waals surface area (Å²) in [5.74, 6) is 1.83. The van der Waals surface area contributed by atoms with Crippen molar-refractivity contribution in [3.63, 3.8) is 0 Å². The normalized spacial score (nSPS) is 15.5. The molecule has 1 aliphatic rings. The van der Waals surface area contributed by atoms with E-state index in [2.05, 4.69) is 29.0 Å². The molecule has 1 N–H and O–H groups in total. The van der Waals surface area contributed by atoms with Gasteiger partial charge in [0.25, 0.3) is 0 Å². The largest absolute Gasteiger partial charge is 0.357 e. The third-order valence-electron chi connectivity index (χ3n) is 4.62. The van der Waals surface area contributed by atoms with Crippen LogP contribution < -0.4 is 10.2 Å². The Morgan fingerprint density at radius 3 is 2.55 bits per heavy atom. The molecular weight excluding hydrogens is 274 g/mol. The zero-order valence-corrected chi connectivity index (χ0v) is 14.0. The minimum absolute atomic E-state index is 0.114. The molecule has 1 fully saturated rings. The van der Waals surface area contributed by atoms with Gasteiger partial charge in [-0.25, -0.2) is 4.98 Å². The Bertz CT molecular complexity index is 448. The molecule has 0 aromatic carbocycles. The van der Waals surface area contributed by atoms with Crippen LogP contribution in [-0.4, -0.2) is 24.0 Å². The van der Waals surface area contributed by atoms with Crippen molar-refractivity contribution in [1.82, 2.24) is 4.98 Å². The van der Waals surface area contributed by atoms with Crippen LogP contribution in [0.1, 0.15) is 58.8 Å². The van der Waals surface area contributed by atoms with Crippen LogP contribution >= 0.6 is 0 Å². The quantitative estimate of drug-likeness (QED) is 0.820. The van der Waals surface area contributed by atoms with Crippen molar-refractivity contribution in [2.24, 2.45) is 5.92 Å². The Kier molecular flexibility index (Phi) is 6.69. The van der Waals surface area contributed by atoms with Crippen LogP contribution in [0.25, 0.3) is 0 Å². The molecule has 0 aliphatic heterocycles. The van der Waals surface area contributed by atoms with E-state index in [-0.39, 0.29) is 5.91 Å². The Morgan fingerprint density at radius 1 is 1.23 bits per heavy atom. The number of carbonyl (C=O) groups excluding carboxylic acids is 1. The van der Waals surface area contributed by atoms with Gasteiger partial charge >= 0.3 is 0 Å². The highest BCUT2D eigenvalue weighted by molar-refractivity contribution is 5.90. The van der Waals surface area contributed by atoms with Gasteiger partial charge in [-0.2, -0.15) is 0 Å². The van der Waals surface area contributed by atoms with Gasteiger partial charge in [0.1, 0.15) is 5.82 Å². The molecule has 1 amide bonds. The third kappa shape index (κ3) is 5.00. The molecule has 4 heteroatoms. The van der Waals surface area contributed by atoms with Gasteiger partial charge in [-0.3, -0.25) is 4.79 Å². The standard InChI is InChI=1S/C18H29N3O/c1-3-21(4-2)17-12-11-16(14-19-17)20-18(22)13-10-15-8-6-5-7-9-15/h11-12,14-15H,3-10,13H2,1-2H3,(H,20,22). The number of hydrogen-bond acceptors (Lipinski definition) is 3. The third-order valence-corrected chi connectivity index (χ3v) is 4.62. The zero-order valence-electron chi connectivity index (χ0n) is 14.0. The molecule has 0 atom stereocenters. The monoisotopic (exact) mass is 303 g/mol. The summed E-state index contributed by atoms with van der Waals surface area (Å²) in [7, 11) is 0. The number of amides is 1. The van der Waals surface area contributed by atoms with Crippen LogP contribution in [0.2, 0.25) is 0 Å². The number of nitrogens with zero attached hydrogens (tertiary/aromatic N) is 2. The Morgan fingerprint density at radius 2 is 1.95 bits per heavy atom. The minimum Gasteiger partial charge on any atom is -0.357 e. The molecule has 22 heavy (non-hydrogen) atoms. The maximum Gasteiger partial charge on any atom is 0.224 e. The second kappa shape index (κ2) is 8.76.